The van der Waals surface area contributed by atoms with Crippen molar-refractivity contribution in [3.63, 3.8) is 0 Å². The Morgan fingerprint density at radius 2 is 2.00 bits per heavy atom. The summed E-state index contributed by atoms with van der Waals surface area (Å²) in [5.74, 6) is 0.909. The average Bonchev–Trinajstić information content (AvgIpc) is 2.63. The zero-order valence-corrected chi connectivity index (χ0v) is 15.2. The molecule has 134 valence electrons. The molecule has 1 aliphatic heterocycles. The van der Waals surface area contributed by atoms with Crippen LogP contribution < -0.4 is 10.1 Å². The lowest BCUT2D eigenvalue weighted by molar-refractivity contribution is 0.104. The van der Waals surface area contributed by atoms with Crippen molar-refractivity contribution < 1.29 is 9.84 Å². The summed E-state index contributed by atoms with van der Waals surface area (Å²) >= 11 is 0. The molecular formula is C21H28N2O2. The van der Waals surface area contributed by atoms with Crippen LogP contribution in [0.2, 0.25) is 0 Å². The van der Waals surface area contributed by atoms with Crippen LogP contribution in [0.1, 0.15) is 22.3 Å². The van der Waals surface area contributed by atoms with Gasteiger partial charge >= 0.3 is 0 Å². The summed E-state index contributed by atoms with van der Waals surface area (Å²) in [6, 6.07) is 14.8. The molecule has 3 rings (SSSR count). The van der Waals surface area contributed by atoms with Crippen molar-refractivity contribution in [1.29, 1.82) is 0 Å². The van der Waals surface area contributed by atoms with Gasteiger partial charge in [0, 0.05) is 32.7 Å². The van der Waals surface area contributed by atoms with Gasteiger partial charge in [-0.15, -0.1) is 0 Å². The molecule has 4 heteroatoms. The molecule has 0 saturated heterocycles. The van der Waals surface area contributed by atoms with E-state index in [2.05, 4.69) is 52.7 Å². The predicted octanol–water partition coefficient (Wildman–Crippen LogP) is 2.51. The first kappa shape index (κ1) is 17.9. The van der Waals surface area contributed by atoms with Gasteiger partial charge in [0.25, 0.3) is 0 Å². The van der Waals surface area contributed by atoms with Gasteiger partial charge in [-0.1, -0.05) is 36.4 Å². The Labute approximate surface area is 150 Å². The molecule has 1 unspecified atom stereocenters. The molecule has 0 spiro atoms. The Hall–Kier alpha value is -1.88. The largest absolute Gasteiger partial charge is 0.496 e. The number of hydrogen-bond donors (Lipinski definition) is 2. The molecular weight excluding hydrogens is 312 g/mol. The van der Waals surface area contributed by atoms with Crippen molar-refractivity contribution in [2.45, 2.75) is 32.5 Å². The van der Waals surface area contributed by atoms with Crippen LogP contribution in [0, 0.1) is 6.92 Å². The Balaban J connectivity index is 1.44. The Morgan fingerprint density at radius 3 is 2.80 bits per heavy atom. The third kappa shape index (κ3) is 4.82. The standard InChI is InChI=1S/C21H28N2O2/c1-16-7-8-17(11-21(16)25-2)12-22-13-20(24)15-23-10-9-18-5-3-4-6-19(18)14-23/h3-8,11,20,22,24H,9-10,12-15H2,1-2H3. The van der Waals surface area contributed by atoms with Crippen molar-refractivity contribution in [1.82, 2.24) is 10.2 Å². The maximum absolute atomic E-state index is 10.3. The molecule has 2 aromatic carbocycles. The second kappa shape index (κ2) is 8.48. The fourth-order valence-electron chi connectivity index (χ4n) is 3.43. The number of ether oxygens (including phenoxy) is 1. The van der Waals surface area contributed by atoms with Crippen molar-refractivity contribution >= 4 is 0 Å². The number of β-amino-alcohol motifs (C(OH)–C–C–N with tert-alkyl or cyclic N) is 1. The zero-order chi connectivity index (χ0) is 17.6. The topological polar surface area (TPSA) is 44.7 Å². The molecule has 0 radical (unpaired) electrons. The molecule has 1 atom stereocenters. The van der Waals surface area contributed by atoms with E-state index in [9.17, 15) is 5.11 Å². The summed E-state index contributed by atoms with van der Waals surface area (Å²) in [7, 11) is 1.69. The van der Waals surface area contributed by atoms with Gasteiger partial charge in [-0.05, 0) is 41.7 Å². The SMILES string of the molecule is COc1cc(CNCC(O)CN2CCc3ccccc3C2)ccc1C. The van der Waals surface area contributed by atoms with Crippen LogP contribution >= 0.6 is 0 Å². The Bertz CT molecular complexity index is 702. The molecule has 0 bridgehead atoms. The summed E-state index contributed by atoms with van der Waals surface area (Å²) < 4.78 is 5.36. The molecule has 0 fully saturated rings. The monoisotopic (exact) mass is 340 g/mol. The van der Waals surface area contributed by atoms with Crippen LogP contribution in [-0.2, 0) is 19.5 Å². The fourth-order valence-corrected chi connectivity index (χ4v) is 3.43. The van der Waals surface area contributed by atoms with Gasteiger partial charge in [0.15, 0.2) is 0 Å². The number of aliphatic hydroxyl groups excluding tert-OH is 1. The summed E-state index contributed by atoms with van der Waals surface area (Å²) in [6.45, 7) is 6.02. The first-order valence-electron chi connectivity index (χ1n) is 8.97. The van der Waals surface area contributed by atoms with E-state index in [1.165, 1.54) is 16.7 Å². The molecule has 0 amide bonds. The maximum Gasteiger partial charge on any atom is 0.122 e. The van der Waals surface area contributed by atoms with Crippen LogP contribution in [0.4, 0.5) is 0 Å². The second-order valence-electron chi connectivity index (χ2n) is 6.84. The maximum atomic E-state index is 10.3. The van der Waals surface area contributed by atoms with Crippen molar-refractivity contribution in [3.05, 3.63) is 64.7 Å². The average molecular weight is 340 g/mol. The van der Waals surface area contributed by atoms with Gasteiger partial charge in [0.1, 0.15) is 5.75 Å². The minimum Gasteiger partial charge on any atom is -0.496 e. The summed E-state index contributed by atoms with van der Waals surface area (Å²) in [5, 5.41) is 13.7. The molecule has 2 N–H and O–H groups in total. The highest BCUT2D eigenvalue weighted by molar-refractivity contribution is 5.36. The van der Waals surface area contributed by atoms with E-state index in [0.717, 1.165) is 37.4 Å². The number of rotatable bonds is 7. The predicted molar refractivity (Wildman–Crippen MR) is 101 cm³/mol. The van der Waals surface area contributed by atoms with E-state index in [1.807, 2.05) is 6.92 Å². The number of benzene rings is 2. The van der Waals surface area contributed by atoms with Crippen LogP contribution in [0.15, 0.2) is 42.5 Å². The Kier molecular flexibility index (Phi) is 6.08. The fraction of sp³-hybridized carbons (Fsp3) is 0.429. The van der Waals surface area contributed by atoms with E-state index in [1.54, 1.807) is 7.11 Å². The molecule has 0 aliphatic carbocycles. The van der Waals surface area contributed by atoms with Crippen LogP contribution in [-0.4, -0.2) is 42.9 Å². The molecule has 25 heavy (non-hydrogen) atoms. The van der Waals surface area contributed by atoms with Gasteiger partial charge in [-0.3, -0.25) is 4.90 Å². The second-order valence-corrected chi connectivity index (χ2v) is 6.84. The van der Waals surface area contributed by atoms with E-state index < -0.39 is 0 Å². The number of hydrogen-bond acceptors (Lipinski definition) is 4. The lowest BCUT2D eigenvalue weighted by Gasteiger charge is -2.30. The highest BCUT2D eigenvalue weighted by atomic mass is 16.5. The molecule has 2 aromatic rings. The van der Waals surface area contributed by atoms with E-state index in [-0.39, 0.29) is 6.10 Å². The molecule has 1 aliphatic rings. The van der Waals surface area contributed by atoms with Gasteiger partial charge in [-0.25, -0.2) is 0 Å². The minimum atomic E-state index is -0.363. The molecule has 0 saturated carbocycles. The lowest BCUT2D eigenvalue weighted by atomic mass is 10.00. The summed E-state index contributed by atoms with van der Waals surface area (Å²) in [4.78, 5) is 2.34. The van der Waals surface area contributed by atoms with Crippen molar-refractivity contribution in [3.8, 4) is 5.75 Å². The molecule has 0 aromatic heterocycles. The number of aliphatic hydroxyl groups is 1. The van der Waals surface area contributed by atoms with Crippen LogP contribution in [0.3, 0.4) is 0 Å². The van der Waals surface area contributed by atoms with Gasteiger partial charge < -0.3 is 15.2 Å². The molecule has 4 nitrogen and oxygen atoms in total. The van der Waals surface area contributed by atoms with E-state index >= 15 is 0 Å². The van der Waals surface area contributed by atoms with Crippen molar-refractivity contribution in [2.75, 3.05) is 26.7 Å². The smallest absolute Gasteiger partial charge is 0.122 e. The van der Waals surface area contributed by atoms with Crippen LogP contribution in [0.5, 0.6) is 5.75 Å². The lowest BCUT2D eigenvalue weighted by Crippen LogP contribution is -2.40. The van der Waals surface area contributed by atoms with Crippen molar-refractivity contribution in [2.24, 2.45) is 0 Å². The first-order chi connectivity index (χ1) is 12.2. The van der Waals surface area contributed by atoms with E-state index in [0.29, 0.717) is 13.1 Å². The van der Waals surface area contributed by atoms with Crippen LogP contribution in [0.25, 0.3) is 0 Å². The number of nitrogens with one attached hydrogen (secondary N) is 1. The van der Waals surface area contributed by atoms with Gasteiger partial charge in [0.05, 0.1) is 13.2 Å². The first-order valence-corrected chi connectivity index (χ1v) is 8.97. The third-order valence-electron chi connectivity index (χ3n) is 4.86. The highest BCUT2D eigenvalue weighted by Crippen LogP contribution is 2.19. The van der Waals surface area contributed by atoms with Gasteiger partial charge in [-0.2, -0.15) is 0 Å². The minimum absolute atomic E-state index is 0.363. The number of methoxy groups -OCH3 is 1. The number of aryl methyl sites for hydroxylation is 1. The number of fused-ring (bicyclic) bond motifs is 1. The highest BCUT2D eigenvalue weighted by Gasteiger charge is 2.18. The normalized spacial score (nSPS) is 15.6. The van der Waals surface area contributed by atoms with E-state index in [4.69, 9.17) is 4.74 Å². The number of nitrogens with zero attached hydrogens (tertiary/aromatic N) is 1. The Morgan fingerprint density at radius 1 is 1.20 bits per heavy atom. The quantitative estimate of drug-likeness (QED) is 0.813. The zero-order valence-electron chi connectivity index (χ0n) is 15.2. The summed E-state index contributed by atoms with van der Waals surface area (Å²) in [5.41, 5.74) is 5.14. The molecule has 1 heterocycles. The summed E-state index contributed by atoms with van der Waals surface area (Å²) in [6.07, 6.45) is 0.706. The van der Waals surface area contributed by atoms with Gasteiger partial charge in [0.2, 0.25) is 0 Å². The third-order valence-corrected chi connectivity index (χ3v) is 4.86.